The quantitative estimate of drug-likeness (QED) is 0.578. The van der Waals surface area contributed by atoms with Crippen LogP contribution in [0, 0.1) is 5.82 Å². The fourth-order valence-corrected chi connectivity index (χ4v) is 2.43. The van der Waals surface area contributed by atoms with Gasteiger partial charge in [-0.2, -0.15) is 0 Å². The monoisotopic (exact) mass is 364 g/mol. The van der Waals surface area contributed by atoms with Gasteiger partial charge in [0.25, 0.3) is 0 Å². The highest BCUT2D eigenvalue weighted by atomic mass is 79.9. The Labute approximate surface area is 136 Å². The van der Waals surface area contributed by atoms with Crippen LogP contribution in [0.15, 0.2) is 46.9 Å². The van der Waals surface area contributed by atoms with Gasteiger partial charge >= 0.3 is 0 Å². The molecule has 0 heterocycles. The number of ketones is 1. The third-order valence-electron chi connectivity index (χ3n) is 3.04. The minimum Gasteiger partial charge on any atom is -0.496 e. The van der Waals surface area contributed by atoms with Crippen LogP contribution in [0.5, 0.6) is 11.5 Å². The molecule has 0 aromatic heterocycles. The molecule has 114 valence electrons. The van der Waals surface area contributed by atoms with Crippen molar-refractivity contribution < 1.29 is 18.7 Å². The van der Waals surface area contributed by atoms with E-state index in [9.17, 15) is 9.18 Å². The summed E-state index contributed by atoms with van der Waals surface area (Å²) in [7, 11) is 2.96. The Bertz CT molecular complexity index is 726. The maximum Gasteiger partial charge on any atom is 0.185 e. The lowest BCUT2D eigenvalue weighted by Gasteiger charge is -2.04. The summed E-state index contributed by atoms with van der Waals surface area (Å²) in [5, 5.41) is 0. The molecule has 0 atom stereocenters. The molecule has 0 radical (unpaired) electrons. The van der Waals surface area contributed by atoms with Gasteiger partial charge in [0.15, 0.2) is 17.3 Å². The molecule has 2 aromatic carbocycles. The van der Waals surface area contributed by atoms with Gasteiger partial charge in [-0.05, 0) is 57.9 Å². The molecule has 0 N–H and O–H groups in total. The van der Waals surface area contributed by atoms with Gasteiger partial charge in [0, 0.05) is 5.56 Å². The molecule has 0 bridgehead atoms. The van der Waals surface area contributed by atoms with Crippen LogP contribution < -0.4 is 9.47 Å². The number of hydrogen-bond donors (Lipinski definition) is 0. The maximum absolute atomic E-state index is 13.6. The average molecular weight is 365 g/mol. The van der Waals surface area contributed by atoms with E-state index in [1.807, 2.05) is 12.1 Å². The number of hydrogen-bond acceptors (Lipinski definition) is 3. The second-order valence-corrected chi connectivity index (χ2v) is 5.30. The number of methoxy groups -OCH3 is 2. The van der Waals surface area contributed by atoms with Crippen molar-refractivity contribution in [3.8, 4) is 11.5 Å². The van der Waals surface area contributed by atoms with Crippen molar-refractivity contribution in [1.82, 2.24) is 0 Å². The summed E-state index contributed by atoms with van der Waals surface area (Å²) in [6.45, 7) is 0. The first kappa shape index (κ1) is 16.2. The highest BCUT2D eigenvalue weighted by Crippen LogP contribution is 2.26. The van der Waals surface area contributed by atoms with Crippen molar-refractivity contribution in [3.05, 3.63) is 63.9 Å². The molecule has 0 amide bonds. The highest BCUT2D eigenvalue weighted by Gasteiger charge is 2.08. The highest BCUT2D eigenvalue weighted by molar-refractivity contribution is 9.10. The summed E-state index contributed by atoms with van der Waals surface area (Å²) in [4.78, 5) is 12.0. The minimum atomic E-state index is -0.561. The van der Waals surface area contributed by atoms with E-state index in [-0.39, 0.29) is 17.1 Å². The molecule has 2 aromatic rings. The Morgan fingerprint density at radius 2 is 1.77 bits per heavy atom. The van der Waals surface area contributed by atoms with Gasteiger partial charge in [-0.1, -0.05) is 12.1 Å². The molecule has 0 unspecified atom stereocenters. The number of benzene rings is 2. The Morgan fingerprint density at radius 3 is 2.36 bits per heavy atom. The molecule has 22 heavy (non-hydrogen) atoms. The molecule has 3 nitrogen and oxygen atoms in total. The Balaban J connectivity index is 2.17. The molecule has 0 saturated carbocycles. The van der Waals surface area contributed by atoms with Crippen LogP contribution in [0.4, 0.5) is 4.39 Å². The van der Waals surface area contributed by atoms with Crippen LogP contribution in [0.3, 0.4) is 0 Å². The molecular formula is C17H14BrFO3. The van der Waals surface area contributed by atoms with Crippen LogP contribution in [0.1, 0.15) is 15.9 Å². The first-order valence-corrected chi connectivity index (χ1v) is 7.24. The number of allylic oxidation sites excluding steroid dienone is 1. The van der Waals surface area contributed by atoms with Crippen LogP contribution in [-0.2, 0) is 0 Å². The Kier molecular flexibility index (Phi) is 5.33. The predicted octanol–water partition coefficient (Wildman–Crippen LogP) is 4.50. The number of halogens is 2. The number of carbonyl (C=O) groups excluding carboxylic acids is 1. The van der Waals surface area contributed by atoms with Crippen molar-refractivity contribution in [1.29, 1.82) is 0 Å². The first-order valence-electron chi connectivity index (χ1n) is 6.44. The summed E-state index contributed by atoms with van der Waals surface area (Å²) >= 11 is 3.38. The number of rotatable bonds is 5. The third-order valence-corrected chi connectivity index (χ3v) is 3.66. The lowest BCUT2D eigenvalue weighted by atomic mass is 10.1. The maximum atomic E-state index is 13.6. The van der Waals surface area contributed by atoms with E-state index in [1.165, 1.54) is 25.3 Å². The van der Waals surface area contributed by atoms with E-state index >= 15 is 0 Å². The van der Waals surface area contributed by atoms with Gasteiger partial charge in [0.2, 0.25) is 0 Å². The third kappa shape index (κ3) is 3.74. The summed E-state index contributed by atoms with van der Waals surface area (Å²) in [6.07, 6.45) is 3.06. The van der Waals surface area contributed by atoms with E-state index in [0.29, 0.717) is 5.75 Å². The van der Waals surface area contributed by atoms with E-state index in [4.69, 9.17) is 9.47 Å². The molecular weight excluding hydrogens is 351 g/mol. The summed E-state index contributed by atoms with van der Waals surface area (Å²) in [5.41, 5.74) is 1.09. The van der Waals surface area contributed by atoms with E-state index in [2.05, 4.69) is 15.9 Å². The second-order valence-electron chi connectivity index (χ2n) is 4.44. The van der Waals surface area contributed by atoms with Gasteiger partial charge in [0.1, 0.15) is 5.75 Å². The topological polar surface area (TPSA) is 35.5 Å². The largest absolute Gasteiger partial charge is 0.496 e. The van der Waals surface area contributed by atoms with Gasteiger partial charge in [-0.3, -0.25) is 4.79 Å². The van der Waals surface area contributed by atoms with Crippen molar-refractivity contribution in [2.75, 3.05) is 14.2 Å². The van der Waals surface area contributed by atoms with Crippen molar-refractivity contribution in [2.45, 2.75) is 0 Å². The zero-order chi connectivity index (χ0) is 16.1. The summed E-state index contributed by atoms with van der Waals surface area (Å²) in [6, 6.07) is 9.56. The molecule has 2 rings (SSSR count). The molecule has 0 fully saturated rings. The van der Waals surface area contributed by atoms with Crippen molar-refractivity contribution >= 4 is 27.8 Å². The standard InChI is InChI=1S/C17H14BrFO3/c1-21-16-7-4-11(9-13(16)18)3-6-15(20)12-5-8-17(22-2)14(19)10-12/h3-10H,1-2H3/b6-3+. The lowest BCUT2D eigenvalue weighted by Crippen LogP contribution is -1.97. The van der Waals surface area contributed by atoms with Crippen LogP contribution in [0.25, 0.3) is 6.08 Å². The molecule has 0 aliphatic heterocycles. The SMILES string of the molecule is COc1ccc(C(=O)/C=C/c2ccc(OC)c(Br)c2)cc1F. The van der Waals surface area contributed by atoms with E-state index in [1.54, 1.807) is 19.3 Å². The normalized spacial score (nSPS) is 10.7. The van der Waals surface area contributed by atoms with Crippen LogP contribution >= 0.6 is 15.9 Å². The number of carbonyl (C=O) groups is 1. The molecule has 0 aliphatic rings. The minimum absolute atomic E-state index is 0.111. The van der Waals surface area contributed by atoms with Crippen LogP contribution in [-0.4, -0.2) is 20.0 Å². The zero-order valence-corrected chi connectivity index (χ0v) is 13.7. The Hall–Kier alpha value is -2.14. The van der Waals surface area contributed by atoms with Crippen molar-refractivity contribution in [2.24, 2.45) is 0 Å². The van der Waals surface area contributed by atoms with Crippen molar-refractivity contribution in [3.63, 3.8) is 0 Å². The van der Waals surface area contributed by atoms with Gasteiger partial charge in [0.05, 0.1) is 18.7 Å². The van der Waals surface area contributed by atoms with E-state index < -0.39 is 5.82 Å². The lowest BCUT2D eigenvalue weighted by molar-refractivity contribution is 0.104. The van der Waals surface area contributed by atoms with Gasteiger partial charge < -0.3 is 9.47 Å². The summed E-state index contributed by atoms with van der Waals surface area (Å²) in [5.74, 6) is -0.0252. The van der Waals surface area contributed by atoms with E-state index in [0.717, 1.165) is 16.1 Å². The van der Waals surface area contributed by atoms with Gasteiger partial charge in [-0.15, -0.1) is 0 Å². The fraction of sp³-hybridized carbons (Fsp3) is 0.118. The molecule has 0 saturated heterocycles. The zero-order valence-electron chi connectivity index (χ0n) is 12.1. The van der Waals surface area contributed by atoms with Crippen LogP contribution in [0.2, 0.25) is 0 Å². The first-order chi connectivity index (χ1) is 10.5. The fourth-order valence-electron chi connectivity index (χ4n) is 1.87. The smallest absolute Gasteiger partial charge is 0.185 e. The number of ether oxygens (including phenoxy) is 2. The predicted molar refractivity (Wildman–Crippen MR) is 87.0 cm³/mol. The molecule has 0 spiro atoms. The molecule has 0 aliphatic carbocycles. The second kappa shape index (κ2) is 7.22. The Morgan fingerprint density at radius 1 is 1.09 bits per heavy atom. The van der Waals surface area contributed by atoms with Gasteiger partial charge in [-0.25, -0.2) is 4.39 Å². The average Bonchev–Trinajstić information content (AvgIpc) is 2.52. The summed E-state index contributed by atoms with van der Waals surface area (Å²) < 4.78 is 24.3. The molecule has 5 heteroatoms.